The Morgan fingerprint density at radius 1 is 1.47 bits per heavy atom. The fourth-order valence-electron chi connectivity index (χ4n) is 1.82. The molecule has 0 amide bonds. The molecule has 15 heavy (non-hydrogen) atoms. The molecule has 0 atom stereocenters. The summed E-state index contributed by atoms with van der Waals surface area (Å²) in [5.41, 5.74) is 1.07. The first-order chi connectivity index (χ1) is 7.36. The van der Waals surface area contributed by atoms with Crippen molar-refractivity contribution in [1.29, 1.82) is 5.41 Å². The van der Waals surface area contributed by atoms with Gasteiger partial charge < -0.3 is 4.90 Å². The maximum Gasteiger partial charge on any atom is 0.168 e. The van der Waals surface area contributed by atoms with Gasteiger partial charge in [-0.05, 0) is 30.3 Å². The number of fused-ring (bicyclic) bond motifs is 3. The summed E-state index contributed by atoms with van der Waals surface area (Å²) in [5.74, 6) is 0.924. The van der Waals surface area contributed by atoms with Crippen molar-refractivity contribution in [2.75, 3.05) is 13.1 Å². The second-order valence-corrected chi connectivity index (χ2v) is 4.45. The monoisotopic (exact) mass is 218 g/mol. The quantitative estimate of drug-likeness (QED) is 0.719. The third-order valence-electron chi connectivity index (χ3n) is 2.51. The highest BCUT2D eigenvalue weighted by atomic mass is 32.2. The Morgan fingerprint density at radius 2 is 2.40 bits per heavy atom. The number of aliphatic imine (C=N–C) groups is 1. The third-order valence-corrected chi connectivity index (χ3v) is 3.44. The molecule has 3 rings (SSSR count). The lowest BCUT2D eigenvalue weighted by atomic mass is 10.2. The summed E-state index contributed by atoms with van der Waals surface area (Å²) in [6, 6.07) is 3.95. The summed E-state index contributed by atoms with van der Waals surface area (Å²) in [7, 11) is 0. The Labute approximate surface area is 91.9 Å². The van der Waals surface area contributed by atoms with Crippen molar-refractivity contribution < 1.29 is 0 Å². The number of nitrogens with one attached hydrogen (secondary N) is 1. The number of amidine groups is 2. The summed E-state index contributed by atoms with van der Waals surface area (Å²) in [4.78, 5) is 10.7. The average molecular weight is 218 g/mol. The van der Waals surface area contributed by atoms with Gasteiger partial charge in [0.25, 0.3) is 0 Å². The Balaban J connectivity index is 2.17. The number of pyridine rings is 1. The molecule has 4 nitrogen and oxygen atoms in total. The van der Waals surface area contributed by atoms with Crippen LogP contribution >= 0.6 is 11.8 Å². The molecule has 0 fully saturated rings. The minimum atomic E-state index is 0.541. The van der Waals surface area contributed by atoms with Crippen molar-refractivity contribution in [2.45, 2.75) is 11.4 Å². The van der Waals surface area contributed by atoms with Gasteiger partial charge in [0.05, 0.1) is 0 Å². The molecule has 0 aromatic carbocycles. The van der Waals surface area contributed by atoms with E-state index in [-0.39, 0.29) is 0 Å². The molecule has 0 saturated heterocycles. The summed E-state index contributed by atoms with van der Waals surface area (Å²) >= 11 is 1.41. The van der Waals surface area contributed by atoms with Crippen LogP contribution in [0.15, 0.2) is 28.3 Å². The minimum absolute atomic E-state index is 0.541. The number of nitrogens with zero attached hydrogens (tertiary/aromatic N) is 3. The zero-order chi connectivity index (χ0) is 10.3. The van der Waals surface area contributed by atoms with E-state index in [1.807, 2.05) is 17.0 Å². The normalized spacial score (nSPS) is 19.3. The Kier molecular flexibility index (Phi) is 1.98. The summed E-state index contributed by atoms with van der Waals surface area (Å²) in [5, 5.41) is 9.36. The van der Waals surface area contributed by atoms with Crippen LogP contribution in [0.5, 0.6) is 0 Å². The molecular weight excluding hydrogens is 208 g/mol. The van der Waals surface area contributed by atoms with E-state index in [0.717, 1.165) is 35.9 Å². The van der Waals surface area contributed by atoms with E-state index in [9.17, 15) is 0 Å². The van der Waals surface area contributed by atoms with Crippen molar-refractivity contribution in [1.82, 2.24) is 9.88 Å². The van der Waals surface area contributed by atoms with Crippen LogP contribution in [0.4, 0.5) is 0 Å². The van der Waals surface area contributed by atoms with E-state index in [0.29, 0.717) is 5.17 Å². The van der Waals surface area contributed by atoms with Crippen molar-refractivity contribution in [3.05, 3.63) is 23.9 Å². The zero-order valence-corrected chi connectivity index (χ0v) is 8.92. The van der Waals surface area contributed by atoms with E-state index in [1.54, 1.807) is 6.20 Å². The first-order valence-corrected chi connectivity index (χ1v) is 5.72. The first-order valence-electron chi connectivity index (χ1n) is 4.90. The SMILES string of the molecule is N=C1Sc2ncccc2C2=NCCCN12. The van der Waals surface area contributed by atoms with E-state index in [4.69, 9.17) is 5.41 Å². The molecule has 3 heterocycles. The fourth-order valence-corrected chi connectivity index (χ4v) is 2.68. The molecule has 1 aromatic heterocycles. The van der Waals surface area contributed by atoms with E-state index >= 15 is 0 Å². The van der Waals surface area contributed by atoms with Crippen molar-refractivity contribution in [3.63, 3.8) is 0 Å². The highest BCUT2D eigenvalue weighted by molar-refractivity contribution is 8.13. The summed E-state index contributed by atoms with van der Waals surface area (Å²) in [6.07, 6.45) is 2.79. The number of aromatic nitrogens is 1. The second-order valence-electron chi connectivity index (χ2n) is 3.47. The molecule has 2 aliphatic heterocycles. The van der Waals surface area contributed by atoms with Gasteiger partial charge in [-0.25, -0.2) is 4.98 Å². The van der Waals surface area contributed by atoms with Gasteiger partial charge >= 0.3 is 0 Å². The van der Waals surface area contributed by atoms with Gasteiger partial charge in [0.1, 0.15) is 10.9 Å². The van der Waals surface area contributed by atoms with Crippen LogP contribution in [-0.2, 0) is 0 Å². The lowest BCUT2D eigenvalue weighted by Crippen LogP contribution is -2.42. The number of thioether (sulfide) groups is 1. The Bertz CT molecular complexity index is 454. The van der Waals surface area contributed by atoms with E-state index in [1.165, 1.54) is 11.8 Å². The molecule has 1 aromatic rings. The molecule has 0 unspecified atom stereocenters. The average Bonchev–Trinajstić information content (AvgIpc) is 2.30. The van der Waals surface area contributed by atoms with Crippen LogP contribution in [0.2, 0.25) is 0 Å². The Hall–Kier alpha value is -1.36. The molecular formula is C10H10N4S. The van der Waals surface area contributed by atoms with Crippen molar-refractivity contribution >= 4 is 22.8 Å². The minimum Gasteiger partial charge on any atom is -0.305 e. The third kappa shape index (κ3) is 1.34. The maximum atomic E-state index is 7.91. The standard InChI is InChI=1S/C10H10N4S/c11-10-14-6-2-5-12-8(14)7-3-1-4-13-9(7)15-10/h1,3-4,11H,2,5-6H2. The van der Waals surface area contributed by atoms with Gasteiger partial charge in [-0.1, -0.05) is 0 Å². The van der Waals surface area contributed by atoms with Crippen molar-refractivity contribution in [2.24, 2.45) is 4.99 Å². The molecule has 0 saturated carbocycles. The molecule has 2 aliphatic rings. The van der Waals surface area contributed by atoms with Gasteiger partial charge in [-0.3, -0.25) is 10.4 Å². The lowest BCUT2D eigenvalue weighted by Gasteiger charge is -2.33. The van der Waals surface area contributed by atoms with Gasteiger partial charge in [-0.15, -0.1) is 0 Å². The van der Waals surface area contributed by atoms with Gasteiger partial charge in [0.2, 0.25) is 0 Å². The van der Waals surface area contributed by atoms with Gasteiger partial charge in [0.15, 0.2) is 5.17 Å². The highest BCUT2D eigenvalue weighted by Crippen LogP contribution is 2.31. The number of rotatable bonds is 0. The highest BCUT2D eigenvalue weighted by Gasteiger charge is 2.29. The smallest absolute Gasteiger partial charge is 0.168 e. The van der Waals surface area contributed by atoms with Gasteiger partial charge in [0, 0.05) is 24.8 Å². The summed E-state index contributed by atoms with van der Waals surface area (Å²) < 4.78 is 0. The molecule has 0 aliphatic carbocycles. The fraction of sp³-hybridized carbons (Fsp3) is 0.300. The van der Waals surface area contributed by atoms with Crippen molar-refractivity contribution in [3.8, 4) is 0 Å². The van der Waals surface area contributed by atoms with E-state index < -0.39 is 0 Å². The van der Waals surface area contributed by atoms with Crippen LogP contribution in [0, 0.1) is 5.41 Å². The Morgan fingerprint density at radius 3 is 3.33 bits per heavy atom. The summed E-state index contributed by atoms with van der Waals surface area (Å²) in [6.45, 7) is 1.76. The molecule has 0 bridgehead atoms. The maximum absolute atomic E-state index is 7.91. The molecule has 76 valence electrons. The van der Waals surface area contributed by atoms with E-state index in [2.05, 4.69) is 9.98 Å². The molecule has 5 heteroatoms. The van der Waals surface area contributed by atoms with Crippen LogP contribution in [0.25, 0.3) is 0 Å². The molecule has 0 radical (unpaired) electrons. The number of hydrogen-bond donors (Lipinski definition) is 1. The largest absolute Gasteiger partial charge is 0.305 e. The van der Waals surface area contributed by atoms with Crippen LogP contribution in [0.1, 0.15) is 12.0 Å². The lowest BCUT2D eigenvalue weighted by molar-refractivity contribution is 0.551. The van der Waals surface area contributed by atoms with Crippen LogP contribution in [0.3, 0.4) is 0 Å². The van der Waals surface area contributed by atoms with Crippen LogP contribution in [-0.4, -0.2) is 34.0 Å². The van der Waals surface area contributed by atoms with Crippen LogP contribution < -0.4 is 0 Å². The number of hydrogen-bond acceptors (Lipinski definition) is 4. The second kappa shape index (κ2) is 3.34. The predicted molar refractivity (Wildman–Crippen MR) is 60.5 cm³/mol. The molecule has 1 N–H and O–H groups in total. The first kappa shape index (κ1) is 8.91. The molecule has 0 spiro atoms. The topological polar surface area (TPSA) is 52.3 Å². The van der Waals surface area contributed by atoms with Gasteiger partial charge in [-0.2, -0.15) is 0 Å². The predicted octanol–water partition coefficient (Wildman–Crippen LogP) is 1.57. The zero-order valence-electron chi connectivity index (χ0n) is 8.10.